The van der Waals surface area contributed by atoms with Gasteiger partial charge in [0.1, 0.15) is 12.4 Å². The van der Waals surface area contributed by atoms with Gasteiger partial charge in [0.2, 0.25) is 5.91 Å². The Morgan fingerprint density at radius 3 is 2.79 bits per heavy atom. The molecule has 3 rings (SSSR count). The lowest BCUT2D eigenvalue weighted by Gasteiger charge is -2.13. The molecule has 0 heterocycles. The predicted octanol–water partition coefficient (Wildman–Crippen LogP) is 3.86. The summed E-state index contributed by atoms with van der Waals surface area (Å²) in [5.41, 5.74) is 1.66. The number of carbonyl (C=O) groups excluding carboxylic acids is 1. The number of nitrogens with one attached hydrogen (secondary N) is 2. The minimum Gasteiger partial charge on any atom is -0.487 e. The summed E-state index contributed by atoms with van der Waals surface area (Å²) < 4.78 is 5.84. The topological polar surface area (TPSA) is 50.4 Å². The number of halogens is 1. The van der Waals surface area contributed by atoms with Gasteiger partial charge in [-0.2, -0.15) is 0 Å². The van der Waals surface area contributed by atoms with Crippen molar-refractivity contribution in [3.63, 3.8) is 0 Å². The summed E-state index contributed by atoms with van der Waals surface area (Å²) in [5.74, 6) is 1.34. The van der Waals surface area contributed by atoms with Crippen molar-refractivity contribution in [2.75, 3.05) is 18.4 Å². The molecule has 2 N–H and O–H groups in total. The maximum absolute atomic E-state index is 12.0. The number of para-hydroxylation sites is 2. The smallest absolute Gasteiger partial charge is 0.238 e. The Bertz CT molecular complexity index is 701. The molecule has 24 heavy (non-hydrogen) atoms. The highest BCUT2D eigenvalue weighted by Gasteiger charge is 2.20. The van der Waals surface area contributed by atoms with Crippen LogP contribution < -0.4 is 15.4 Å². The van der Waals surface area contributed by atoms with E-state index in [1.165, 1.54) is 12.8 Å². The second kappa shape index (κ2) is 8.18. The van der Waals surface area contributed by atoms with E-state index in [4.69, 9.17) is 16.3 Å². The maximum Gasteiger partial charge on any atom is 0.238 e. The van der Waals surface area contributed by atoms with Crippen LogP contribution in [0.5, 0.6) is 5.75 Å². The molecule has 0 unspecified atom stereocenters. The fourth-order valence-corrected chi connectivity index (χ4v) is 2.60. The molecule has 0 atom stereocenters. The highest BCUT2D eigenvalue weighted by Crippen LogP contribution is 2.27. The average molecular weight is 345 g/mol. The zero-order valence-electron chi connectivity index (χ0n) is 13.4. The number of carbonyl (C=O) groups is 1. The summed E-state index contributed by atoms with van der Waals surface area (Å²) in [6, 6.07) is 15.0. The first-order valence-corrected chi connectivity index (χ1v) is 8.55. The van der Waals surface area contributed by atoms with E-state index in [1.54, 1.807) is 0 Å². The summed E-state index contributed by atoms with van der Waals surface area (Å²) in [7, 11) is 0. The second-order valence-electron chi connectivity index (χ2n) is 6.04. The Balaban J connectivity index is 1.54. The Morgan fingerprint density at radius 2 is 2.00 bits per heavy atom. The van der Waals surface area contributed by atoms with E-state index in [9.17, 15) is 4.79 Å². The normalized spacial score (nSPS) is 13.5. The van der Waals surface area contributed by atoms with Crippen LogP contribution >= 0.6 is 11.6 Å². The summed E-state index contributed by atoms with van der Waals surface area (Å²) >= 11 is 5.98. The van der Waals surface area contributed by atoms with Crippen LogP contribution in [0, 0.1) is 5.92 Å². The Morgan fingerprint density at radius 1 is 1.17 bits per heavy atom. The third kappa shape index (κ3) is 5.25. The van der Waals surface area contributed by atoms with Gasteiger partial charge in [-0.25, -0.2) is 0 Å². The third-order valence-corrected chi connectivity index (χ3v) is 4.10. The minimum atomic E-state index is -0.0607. The zero-order chi connectivity index (χ0) is 16.8. The molecule has 0 aliphatic heterocycles. The Labute approximate surface area is 147 Å². The van der Waals surface area contributed by atoms with Crippen LogP contribution in [0.15, 0.2) is 48.5 Å². The summed E-state index contributed by atoms with van der Waals surface area (Å²) in [6.07, 6.45) is 2.55. The van der Waals surface area contributed by atoms with E-state index in [1.807, 2.05) is 48.5 Å². The summed E-state index contributed by atoms with van der Waals surface area (Å²) in [5, 5.41) is 6.76. The highest BCUT2D eigenvalue weighted by molar-refractivity contribution is 6.30. The molecule has 1 fully saturated rings. The first-order valence-electron chi connectivity index (χ1n) is 8.17. The SMILES string of the molecule is O=C(CNCC1CC1)Nc1ccccc1OCc1cccc(Cl)c1. The zero-order valence-corrected chi connectivity index (χ0v) is 14.2. The van der Waals surface area contributed by atoms with Gasteiger partial charge in [0.15, 0.2) is 0 Å². The average Bonchev–Trinajstić information content (AvgIpc) is 3.38. The largest absolute Gasteiger partial charge is 0.487 e. The van der Waals surface area contributed by atoms with Gasteiger partial charge in [-0.3, -0.25) is 4.79 Å². The molecule has 1 amide bonds. The standard InChI is InChI=1S/C19H21ClN2O2/c20-16-5-3-4-15(10-16)13-24-18-7-2-1-6-17(18)22-19(23)12-21-11-14-8-9-14/h1-7,10,14,21H,8-9,11-13H2,(H,22,23). The summed E-state index contributed by atoms with van der Waals surface area (Å²) in [4.78, 5) is 12.0. The van der Waals surface area contributed by atoms with Crippen molar-refractivity contribution < 1.29 is 9.53 Å². The Kier molecular flexibility index (Phi) is 5.72. The van der Waals surface area contributed by atoms with Crippen LogP contribution in [0.25, 0.3) is 0 Å². The number of amides is 1. The van der Waals surface area contributed by atoms with E-state index >= 15 is 0 Å². The van der Waals surface area contributed by atoms with Crippen LogP contribution in [-0.4, -0.2) is 19.0 Å². The lowest BCUT2D eigenvalue weighted by Crippen LogP contribution is -2.29. The number of benzene rings is 2. The summed E-state index contributed by atoms with van der Waals surface area (Å²) in [6.45, 7) is 1.63. The second-order valence-corrected chi connectivity index (χ2v) is 6.47. The van der Waals surface area contributed by atoms with E-state index in [0.717, 1.165) is 18.0 Å². The Hall–Kier alpha value is -2.04. The molecule has 2 aromatic carbocycles. The van der Waals surface area contributed by atoms with Crippen LogP contribution in [0.2, 0.25) is 5.02 Å². The van der Waals surface area contributed by atoms with Gasteiger partial charge >= 0.3 is 0 Å². The first-order chi connectivity index (χ1) is 11.7. The molecule has 4 nitrogen and oxygen atoms in total. The van der Waals surface area contributed by atoms with E-state index < -0.39 is 0 Å². The van der Waals surface area contributed by atoms with Crippen molar-refractivity contribution in [3.8, 4) is 5.75 Å². The molecule has 126 valence electrons. The van der Waals surface area contributed by atoms with Crippen molar-refractivity contribution in [1.82, 2.24) is 5.32 Å². The molecule has 1 aliphatic carbocycles. The van der Waals surface area contributed by atoms with Crippen LogP contribution in [0.4, 0.5) is 5.69 Å². The molecule has 1 saturated carbocycles. The van der Waals surface area contributed by atoms with Gasteiger partial charge in [0.05, 0.1) is 12.2 Å². The van der Waals surface area contributed by atoms with Gasteiger partial charge in [0.25, 0.3) is 0 Å². The van der Waals surface area contributed by atoms with E-state index in [-0.39, 0.29) is 5.91 Å². The van der Waals surface area contributed by atoms with E-state index in [0.29, 0.717) is 29.6 Å². The molecule has 0 aromatic heterocycles. The third-order valence-electron chi connectivity index (χ3n) is 3.86. The fraction of sp³-hybridized carbons (Fsp3) is 0.316. The maximum atomic E-state index is 12.0. The monoisotopic (exact) mass is 344 g/mol. The number of hydrogen-bond donors (Lipinski definition) is 2. The number of rotatable bonds is 8. The lowest BCUT2D eigenvalue weighted by atomic mass is 10.2. The fourth-order valence-electron chi connectivity index (χ4n) is 2.39. The van der Waals surface area contributed by atoms with Gasteiger partial charge < -0.3 is 15.4 Å². The van der Waals surface area contributed by atoms with E-state index in [2.05, 4.69) is 10.6 Å². The lowest BCUT2D eigenvalue weighted by molar-refractivity contribution is -0.115. The molecule has 1 aliphatic rings. The molecule has 0 bridgehead atoms. The molecule has 5 heteroatoms. The first kappa shape index (κ1) is 16.8. The van der Waals surface area contributed by atoms with Crippen molar-refractivity contribution in [1.29, 1.82) is 0 Å². The van der Waals surface area contributed by atoms with Crippen molar-refractivity contribution in [2.24, 2.45) is 5.92 Å². The van der Waals surface area contributed by atoms with Crippen LogP contribution in [-0.2, 0) is 11.4 Å². The van der Waals surface area contributed by atoms with Gasteiger partial charge in [-0.15, -0.1) is 0 Å². The molecule has 0 radical (unpaired) electrons. The van der Waals surface area contributed by atoms with Crippen LogP contribution in [0.3, 0.4) is 0 Å². The van der Waals surface area contributed by atoms with Crippen molar-refractivity contribution in [3.05, 3.63) is 59.1 Å². The van der Waals surface area contributed by atoms with Crippen LogP contribution in [0.1, 0.15) is 18.4 Å². The molecular weight excluding hydrogens is 324 g/mol. The van der Waals surface area contributed by atoms with Crippen molar-refractivity contribution >= 4 is 23.2 Å². The molecule has 0 saturated heterocycles. The highest BCUT2D eigenvalue weighted by atomic mass is 35.5. The van der Waals surface area contributed by atoms with Gasteiger partial charge in [-0.1, -0.05) is 35.9 Å². The molecule has 2 aromatic rings. The molecule has 0 spiro atoms. The molecular formula is C19H21ClN2O2. The minimum absolute atomic E-state index is 0.0607. The quantitative estimate of drug-likeness (QED) is 0.764. The van der Waals surface area contributed by atoms with Gasteiger partial charge in [-0.05, 0) is 55.1 Å². The van der Waals surface area contributed by atoms with Crippen molar-refractivity contribution in [2.45, 2.75) is 19.4 Å². The number of hydrogen-bond acceptors (Lipinski definition) is 3. The predicted molar refractivity (Wildman–Crippen MR) is 96.4 cm³/mol. The number of anilines is 1. The number of ether oxygens (including phenoxy) is 1. The van der Waals surface area contributed by atoms with Gasteiger partial charge in [0, 0.05) is 5.02 Å².